The first-order valence-corrected chi connectivity index (χ1v) is 28.3. The van der Waals surface area contributed by atoms with Crippen LogP contribution in [0.2, 0.25) is 0 Å². The topological polar surface area (TPSA) is 264 Å². The summed E-state index contributed by atoms with van der Waals surface area (Å²) in [5.41, 5.74) is 5.04. The summed E-state index contributed by atoms with van der Waals surface area (Å²) in [6.45, 7) is 23.3. The van der Waals surface area contributed by atoms with Gasteiger partial charge in [0.1, 0.15) is 43.7 Å². The molecule has 4 atom stereocenters. The Morgan fingerprint density at radius 1 is 0.458 bits per heavy atom. The lowest BCUT2D eigenvalue weighted by Gasteiger charge is -2.30. The molecule has 458 valence electrons. The lowest BCUT2D eigenvalue weighted by atomic mass is 9.87. The molecule has 2 fully saturated rings. The summed E-state index contributed by atoms with van der Waals surface area (Å²) in [7, 11) is 0. The van der Waals surface area contributed by atoms with Gasteiger partial charge < -0.3 is 56.4 Å². The largest absolute Gasteiger partial charge is 0.480 e. The van der Waals surface area contributed by atoms with Gasteiger partial charge in [-0.25, -0.2) is 33.6 Å². The number of carbonyl (C=O) groups is 7. The van der Waals surface area contributed by atoms with Crippen LogP contribution in [0.1, 0.15) is 159 Å². The van der Waals surface area contributed by atoms with E-state index in [1.165, 1.54) is 0 Å². The molecule has 0 heterocycles. The molecule has 0 radical (unpaired) electrons. The molecule has 0 saturated heterocycles. The van der Waals surface area contributed by atoms with Gasteiger partial charge in [-0.2, -0.15) is 0 Å². The number of nitrogens with one attached hydrogen (secondary N) is 5. The summed E-state index contributed by atoms with van der Waals surface area (Å²) in [5, 5.41) is 22.8. The fourth-order valence-electron chi connectivity index (χ4n) is 8.31. The van der Waals surface area contributed by atoms with Crippen molar-refractivity contribution in [2.75, 3.05) is 0 Å². The zero-order chi connectivity index (χ0) is 61.1. The highest BCUT2D eigenvalue weighted by Gasteiger charge is 2.37. The zero-order valence-electron chi connectivity index (χ0n) is 50.4. The lowest BCUT2D eigenvalue weighted by Crippen LogP contribution is -2.70. The van der Waals surface area contributed by atoms with E-state index < -0.39 is 58.4 Å². The van der Waals surface area contributed by atoms with Crippen molar-refractivity contribution in [3.05, 3.63) is 138 Å². The highest BCUT2D eigenvalue weighted by molar-refractivity contribution is 5.85. The Balaban J connectivity index is 0.000000383. The van der Waals surface area contributed by atoms with Gasteiger partial charge in [0.25, 0.3) is 0 Å². The molecule has 0 unspecified atom stereocenters. The van der Waals surface area contributed by atoms with Crippen molar-refractivity contribution in [1.29, 1.82) is 0 Å². The van der Waals surface area contributed by atoms with Crippen LogP contribution in [0.25, 0.3) is 0 Å². The van der Waals surface area contributed by atoms with E-state index in [0.717, 1.165) is 68.1 Å². The van der Waals surface area contributed by atoms with Crippen LogP contribution in [0.4, 0.5) is 14.4 Å². The van der Waals surface area contributed by atoms with Gasteiger partial charge in [0, 0.05) is 17.5 Å². The minimum Gasteiger partial charge on any atom is -0.480 e. The highest BCUT2D eigenvalue weighted by Crippen LogP contribution is 2.25. The lowest BCUT2D eigenvalue weighted by molar-refractivity contribution is -0.430. The monoisotopic (exact) mass is 1150 g/mol. The number of esters is 3. The van der Waals surface area contributed by atoms with E-state index in [4.69, 9.17) is 24.1 Å². The Hall–Kier alpha value is -7.47. The standard InChI is InChI=1S/C20H23NO4.C19H28N2O3.C13H19NO2.C12H22N2O3.CH4/c1-20(2,3)17(18(22)24-14-15-10-6-4-7-11-15)21-19(23)25-16-12-8-5-9-13-16;1-19(2,3)16(21-18(23)20-15-11-7-8-12-15)17(22)24-13-14-9-5-4-6-10-14;1-13(2,3)11(14)12(15)16-9-10-7-5-4-6-8-10;1-12(2,3)9(10(15)16)14-11(17)13-8-6-4-5-7-8;/h4-13,17H,14H2,1-3H3,(H,21,23);4-6,9-10,15-16H,7-8,11-13H2,1-3H3,(H2,20,21,23);4-8,11H,9,14H2,1-3H3;8-9H,4-7H2,1-3H3,(H,15,16)(H2,13,14,17);1H4/p+1/t17-;16-;11-;9-;/m1111./s1. The highest BCUT2D eigenvalue weighted by atomic mass is 16.6. The number of para-hydroxylation sites is 1. The van der Waals surface area contributed by atoms with Crippen molar-refractivity contribution >= 4 is 42.0 Å². The molecule has 0 bridgehead atoms. The molecule has 0 aliphatic heterocycles. The second kappa shape index (κ2) is 34.8. The Bertz CT molecular complexity index is 2570. The average Bonchev–Trinajstić information content (AvgIpc) is 4.16. The van der Waals surface area contributed by atoms with Gasteiger partial charge >= 0.3 is 42.0 Å². The molecule has 6 rings (SSSR count). The van der Waals surface area contributed by atoms with E-state index in [9.17, 15) is 33.6 Å². The number of carboxylic acids is 1. The van der Waals surface area contributed by atoms with Crippen molar-refractivity contribution < 1.29 is 63.3 Å². The first-order chi connectivity index (χ1) is 38.4. The van der Waals surface area contributed by atoms with Gasteiger partial charge in [0.2, 0.25) is 0 Å². The molecular weight excluding hydrogens is 1060 g/mol. The van der Waals surface area contributed by atoms with E-state index >= 15 is 0 Å². The van der Waals surface area contributed by atoms with Crippen molar-refractivity contribution in [3.63, 3.8) is 0 Å². The van der Waals surface area contributed by atoms with Gasteiger partial charge in [-0.1, -0.05) is 225 Å². The molecule has 4 aromatic rings. The number of carbonyl (C=O) groups excluding carboxylic acids is 6. The van der Waals surface area contributed by atoms with Crippen LogP contribution >= 0.6 is 0 Å². The second-order valence-corrected chi connectivity index (χ2v) is 25.0. The zero-order valence-corrected chi connectivity index (χ0v) is 50.4. The van der Waals surface area contributed by atoms with E-state index in [-0.39, 0.29) is 62.2 Å². The van der Waals surface area contributed by atoms with Crippen LogP contribution in [-0.2, 0) is 53.2 Å². The average molecular weight is 1150 g/mol. The maximum atomic E-state index is 12.5. The van der Waals surface area contributed by atoms with Gasteiger partial charge in [0.15, 0.2) is 6.04 Å². The van der Waals surface area contributed by atoms with Crippen LogP contribution in [-0.4, -0.2) is 83.4 Å². The molecule has 18 nitrogen and oxygen atoms in total. The Kier molecular flexibility index (Phi) is 30.1. The van der Waals surface area contributed by atoms with Crippen molar-refractivity contribution in [3.8, 4) is 5.75 Å². The van der Waals surface area contributed by atoms with Crippen molar-refractivity contribution in [2.45, 2.75) is 198 Å². The van der Waals surface area contributed by atoms with Crippen LogP contribution in [0, 0.1) is 21.7 Å². The van der Waals surface area contributed by atoms with Crippen molar-refractivity contribution in [1.82, 2.24) is 26.6 Å². The number of benzene rings is 4. The van der Waals surface area contributed by atoms with Crippen LogP contribution in [0.15, 0.2) is 121 Å². The molecule has 2 saturated carbocycles. The maximum Gasteiger partial charge on any atom is 0.413 e. The number of hydrogen-bond donors (Lipinski definition) is 7. The molecule has 0 spiro atoms. The van der Waals surface area contributed by atoms with E-state index in [1.54, 1.807) is 45.0 Å². The second-order valence-electron chi connectivity index (χ2n) is 25.0. The molecule has 4 aromatic carbocycles. The molecule has 18 heteroatoms. The van der Waals surface area contributed by atoms with Gasteiger partial charge in [0.05, 0.1) is 0 Å². The number of rotatable bonds is 16. The minimum atomic E-state index is -1.00. The van der Waals surface area contributed by atoms with E-state index in [0.29, 0.717) is 12.4 Å². The molecule has 5 amide bonds. The van der Waals surface area contributed by atoms with Crippen molar-refractivity contribution in [2.24, 2.45) is 21.7 Å². The summed E-state index contributed by atoms with van der Waals surface area (Å²) in [6, 6.07) is 34.3. The van der Waals surface area contributed by atoms with Crippen LogP contribution in [0.3, 0.4) is 0 Å². The number of amides is 5. The molecule has 2 aliphatic carbocycles. The predicted octanol–water partition coefficient (Wildman–Crippen LogP) is 11.1. The maximum absolute atomic E-state index is 12.5. The third-order valence-electron chi connectivity index (χ3n) is 13.5. The van der Waals surface area contributed by atoms with Crippen LogP contribution < -0.4 is 37.1 Å². The van der Waals surface area contributed by atoms with Crippen LogP contribution in [0.5, 0.6) is 5.75 Å². The first-order valence-electron chi connectivity index (χ1n) is 28.3. The fourth-order valence-corrected chi connectivity index (χ4v) is 8.31. The van der Waals surface area contributed by atoms with E-state index in [2.05, 4.69) is 32.3 Å². The quantitative estimate of drug-likeness (QED) is 0.0408. The summed E-state index contributed by atoms with van der Waals surface area (Å²) < 4.78 is 21.2. The number of aliphatic carboxylic acids is 1. The first kappa shape index (κ1) is 71.6. The SMILES string of the molecule is C.CC(C)(C)[C@H](NC(=O)NC1CCCC1)C(=O)O.CC(C)(C)[C@H](NC(=O)NC1CCCC1)C(=O)OCc1ccccc1.CC(C)(C)[C@H](NC(=O)Oc1ccccc1)C(=O)OCc1ccccc1.CC(C)(C)[C@H]([NH3+])C(=O)OCc1ccccc1. The summed E-state index contributed by atoms with van der Waals surface area (Å²) >= 11 is 0. The van der Waals surface area contributed by atoms with Gasteiger partial charge in [-0.3, -0.25) is 0 Å². The molecule has 2 aliphatic rings. The fraction of sp³-hybridized carbons (Fsp3) is 0.523. The Labute approximate surface area is 493 Å². The Morgan fingerprint density at radius 2 is 0.759 bits per heavy atom. The number of ether oxygens (including phenoxy) is 4. The number of urea groups is 2. The normalized spacial score (nSPS) is 14.8. The summed E-state index contributed by atoms with van der Waals surface area (Å²) in [5.74, 6) is -1.74. The number of carboxylic acid groups (broad SMARTS) is 1. The van der Waals surface area contributed by atoms with Gasteiger partial charge in [-0.15, -0.1) is 0 Å². The minimum absolute atomic E-state index is 0. The number of quaternary nitrogens is 1. The number of hydrogen-bond acceptors (Lipinski definition) is 11. The summed E-state index contributed by atoms with van der Waals surface area (Å²) in [4.78, 5) is 83.7. The smallest absolute Gasteiger partial charge is 0.413 e. The molecule has 9 N–H and O–H groups in total. The molecule has 0 aromatic heterocycles. The van der Waals surface area contributed by atoms with Gasteiger partial charge in [-0.05, 0) is 70.8 Å². The third kappa shape index (κ3) is 28.4. The predicted molar refractivity (Wildman–Crippen MR) is 322 cm³/mol. The Morgan fingerprint density at radius 3 is 1.07 bits per heavy atom. The summed E-state index contributed by atoms with van der Waals surface area (Å²) in [6.07, 6.45) is 7.85. The molecule has 83 heavy (non-hydrogen) atoms. The third-order valence-corrected chi connectivity index (χ3v) is 13.5. The molecular formula is C65H97N6O12+. The van der Waals surface area contributed by atoms with E-state index in [1.807, 2.05) is 159 Å².